The van der Waals surface area contributed by atoms with E-state index in [0.29, 0.717) is 28.1 Å². The summed E-state index contributed by atoms with van der Waals surface area (Å²) in [5.41, 5.74) is 1.77. The van der Waals surface area contributed by atoms with Gasteiger partial charge in [0, 0.05) is 11.1 Å². The van der Waals surface area contributed by atoms with Crippen LogP contribution in [-0.4, -0.2) is 21.7 Å². The summed E-state index contributed by atoms with van der Waals surface area (Å²) in [5, 5.41) is 10.4. The number of aldehydes is 1. The van der Waals surface area contributed by atoms with Crippen molar-refractivity contribution in [2.75, 3.05) is 0 Å². The molecule has 1 aromatic carbocycles. The normalized spacial score (nSPS) is 10.1. The van der Waals surface area contributed by atoms with Crippen LogP contribution >= 0.6 is 11.6 Å². The zero-order chi connectivity index (χ0) is 9.97. The molecule has 0 saturated heterocycles. The fraction of sp³-hybridized carbons (Fsp3) is 0. The molecule has 0 saturated carbocycles. The van der Waals surface area contributed by atoms with Crippen molar-refractivity contribution in [1.82, 2.24) is 15.4 Å². The molecule has 0 unspecified atom stereocenters. The van der Waals surface area contributed by atoms with Crippen molar-refractivity contribution in [3.63, 3.8) is 0 Å². The van der Waals surface area contributed by atoms with Gasteiger partial charge in [0.25, 0.3) is 0 Å². The number of nitrogens with one attached hydrogen (secondary N) is 1. The van der Waals surface area contributed by atoms with Crippen molar-refractivity contribution in [3.8, 4) is 11.3 Å². The number of carbonyl (C=O) groups is 1. The lowest BCUT2D eigenvalue weighted by Crippen LogP contribution is -1.86. The highest BCUT2D eigenvalue weighted by molar-refractivity contribution is 6.35. The van der Waals surface area contributed by atoms with Crippen molar-refractivity contribution in [1.29, 1.82) is 0 Å². The second-order valence-corrected chi connectivity index (χ2v) is 3.06. The summed E-state index contributed by atoms with van der Waals surface area (Å²) in [6, 6.07) is 5.19. The molecule has 0 bridgehead atoms. The zero-order valence-electron chi connectivity index (χ0n) is 7.07. The van der Waals surface area contributed by atoms with Gasteiger partial charge in [-0.1, -0.05) is 29.8 Å². The molecule has 0 atom stereocenters. The second-order valence-electron chi connectivity index (χ2n) is 2.68. The van der Waals surface area contributed by atoms with E-state index in [1.807, 2.05) is 0 Å². The van der Waals surface area contributed by atoms with Gasteiger partial charge in [-0.15, -0.1) is 0 Å². The molecule has 0 aliphatic rings. The number of carbonyl (C=O) groups excluding carboxylic acids is 1. The SMILES string of the molecule is O=Cc1cccc(-c2cn[nH]n2)c1Cl. The van der Waals surface area contributed by atoms with Crippen LogP contribution in [0.5, 0.6) is 0 Å². The lowest BCUT2D eigenvalue weighted by Gasteiger charge is -2.01. The molecule has 70 valence electrons. The van der Waals surface area contributed by atoms with Gasteiger partial charge in [-0.25, -0.2) is 0 Å². The lowest BCUT2D eigenvalue weighted by molar-refractivity contribution is 0.112. The number of halogens is 1. The Morgan fingerprint density at radius 1 is 1.43 bits per heavy atom. The third-order valence-electron chi connectivity index (χ3n) is 1.85. The standard InChI is InChI=1S/C9H6ClN3O/c10-9-6(5-14)2-1-3-7(9)8-4-11-13-12-8/h1-5H,(H,11,12,13). The van der Waals surface area contributed by atoms with E-state index in [2.05, 4.69) is 15.4 Å². The molecule has 0 radical (unpaired) electrons. The Labute approximate surface area is 84.9 Å². The van der Waals surface area contributed by atoms with Crippen LogP contribution < -0.4 is 0 Å². The minimum absolute atomic E-state index is 0.399. The molecule has 0 aliphatic carbocycles. The number of nitrogens with zero attached hydrogens (tertiary/aromatic N) is 2. The van der Waals surface area contributed by atoms with Gasteiger partial charge in [0.2, 0.25) is 0 Å². The predicted octanol–water partition coefficient (Wildman–Crippen LogP) is 1.94. The van der Waals surface area contributed by atoms with E-state index in [4.69, 9.17) is 11.6 Å². The van der Waals surface area contributed by atoms with Gasteiger partial charge in [0.15, 0.2) is 6.29 Å². The van der Waals surface area contributed by atoms with Crippen LogP contribution in [-0.2, 0) is 0 Å². The first kappa shape index (κ1) is 8.90. The molecule has 0 aliphatic heterocycles. The van der Waals surface area contributed by atoms with Crippen LogP contribution in [0.4, 0.5) is 0 Å². The van der Waals surface area contributed by atoms with E-state index >= 15 is 0 Å². The highest BCUT2D eigenvalue weighted by atomic mass is 35.5. The maximum Gasteiger partial charge on any atom is 0.151 e. The fourth-order valence-electron chi connectivity index (χ4n) is 1.17. The van der Waals surface area contributed by atoms with Crippen molar-refractivity contribution in [2.45, 2.75) is 0 Å². The summed E-state index contributed by atoms with van der Waals surface area (Å²) in [7, 11) is 0. The van der Waals surface area contributed by atoms with Crippen LogP contribution in [0.2, 0.25) is 5.02 Å². The Morgan fingerprint density at radius 3 is 2.93 bits per heavy atom. The van der Waals surface area contributed by atoms with Gasteiger partial charge >= 0.3 is 0 Å². The Bertz CT molecular complexity index is 453. The number of H-pyrrole nitrogens is 1. The minimum atomic E-state index is 0.399. The van der Waals surface area contributed by atoms with Crippen LogP contribution in [0, 0.1) is 0 Å². The van der Waals surface area contributed by atoms with Gasteiger partial charge < -0.3 is 0 Å². The monoisotopic (exact) mass is 207 g/mol. The number of aromatic amines is 1. The Balaban J connectivity index is 2.60. The maximum absolute atomic E-state index is 10.6. The smallest absolute Gasteiger partial charge is 0.151 e. The van der Waals surface area contributed by atoms with Crippen LogP contribution in [0.1, 0.15) is 10.4 Å². The molecule has 1 N–H and O–H groups in total. The first-order chi connectivity index (χ1) is 6.83. The van der Waals surface area contributed by atoms with E-state index in [9.17, 15) is 4.79 Å². The number of hydrogen-bond acceptors (Lipinski definition) is 3. The van der Waals surface area contributed by atoms with Crippen LogP contribution in [0.15, 0.2) is 24.4 Å². The molecule has 0 amide bonds. The number of rotatable bonds is 2. The summed E-state index contributed by atoms with van der Waals surface area (Å²) in [6.45, 7) is 0. The average Bonchev–Trinajstić information content (AvgIpc) is 2.71. The molecule has 4 nitrogen and oxygen atoms in total. The van der Waals surface area contributed by atoms with Crippen molar-refractivity contribution < 1.29 is 4.79 Å². The van der Waals surface area contributed by atoms with Gasteiger partial charge in [0.05, 0.1) is 11.2 Å². The highest BCUT2D eigenvalue weighted by Gasteiger charge is 2.08. The molecular weight excluding hydrogens is 202 g/mol. The van der Waals surface area contributed by atoms with Crippen molar-refractivity contribution >= 4 is 17.9 Å². The molecule has 1 heterocycles. The maximum atomic E-state index is 10.6. The van der Waals surface area contributed by atoms with E-state index in [1.54, 1.807) is 24.4 Å². The third kappa shape index (κ3) is 1.40. The molecule has 1 aromatic heterocycles. The average molecular weight is 208 g/mol. The van der Waals surface area contributed by atoms with Gasteiger partial charge in [-0.2, -0.15) is 15.4 Å². The number of benzene rings is 1. The quantitative estimate of drug-likeness (QED) is 0.766. The molecule has 2 rings (SSSR count). The second kappa shape index (κ2) is 3.59. The molecule has 0 spiro atoms. The highest BCUT2D eigenvalue weighted by Crippen LogP contribution is 2.27. The summed E-state index contributed by atoms with van der Waals surface area (Å²) < 4.78 is 0. The third-order valence-corrected chi connectivity index (χ3v) is 2.27. The summed E-state index contributed by atoms with van der Waals surface area (Å²) in [5.74, 6) is 0. The van der Waals surface area contributed by atoms with Crippen LogP contribution in [0.3, 0.4) is 0 Å². The van der Waals surface area contributed by atoms with Crippen molar-refractivity contribution in [3.05, 3.63) is 35.0 Å². The van der Waals surface area contributed by atoms with Crippen LogP contribution in [0.25, 0.3) is 11.3 Å². The van der Waals surface area contributed by atoms with Gasteiger partial charge in [-0.05, 0) is 0 Å². The lowest BCUT2D eigenvalue weighted by atomic mass is 10.1. The molecular formula is C9H6ClN3O. The van der Waals surface area contributed by atoms with Crippen molar-refractivity contribution in [2.24, 2.45) is 0 Å². The summed E-state index contributed by atoms with van der Waals surface area (Å²) in [6.07, 6.45) is 2.27. The Kier molecular flexibility index (Phi) is 2.28. The van der Waals surface area contributed by atoms with Gasteiger partial charge in [-0.3, -0.25) is 4.79 Å². The number of hydrogen-bond donors (Lipinski definition) is 1. The molecule has 5 heteroatoms. The molecule has 2 aromatic rings. The topological polar surface area (TPSA) is 58.6 Å². The molecule has 0 fully saturated rings. The minimum Gasteiger partial charge on any atom is -0.298 e. The van der Waals surface area contributed by atoms with E-state index < -0.39 is 0 Å². The predicted molar refractivity (Wildman–Crippen MR) is 52.2 cm³/mol. The number of aromatic nitrogens is 3. The first-order valence-corrected chi connectivity index (χ1v) is 4.30. The van der Waals surface area contributed by atoms with Gasteiger partial charge in [0.1, 0.15) is 5.69 Å². The van der Waals surface area contributed by atoms with E-state index in [1.165, 1.54) is 0 Å². The first-order valence-electron chi connectivity index (χ1n) is 3.93. The molecule has 14 heavy (non-hydrogen) atoms. The Morgan fingerprint density at radius 2 is 2.29 bits per heavy atom. The fourth-order valence-corrected chi connectivity index (χ4v) is 1.44. The zero-order valence-corrected chi connectivity index (χ0v) is 7.82. The summed E-state index contributed by atoms with van der Waals surface area (Å²) >= 11 is 5.99. The van der Waals surface area contributed by atoms with E-state index in [0.717, 1.165) is 0 Å². The Hall–Kier alpha value is -1.68. The van der Waals surface area contributed by atoms with E-state index in [-0.39, 0.29) is 0 Å². The summed E-state index contributed by atoms with van der Waals surface area (Å²) in [4.78, 5) is 10.6. The largest absolute Gasteiger partial charge is 0.298 e.